The molecule has 0 spiro atoms. The van der Waals surface area contributed by atoms with Gasteiger partial charge in [-0.2, -0.15) is 0 Å². The van der Waals surface area contributed by atoms with Gasteiger partial charge in [0.1, 0.15) is 0 Å². The van der Waals surface area contributed by atoms with Crippen LogP contribution >= 0.6 is 11.3 Å². The smallest absolute Gasteiger partial charge is 0.0904 e. The first kappa shape index (κ1) is 5.38. The van der Waals surface area contributed by atoms with Crippen LogP contribution in [0.1, 0.15) is 23.1 Å². The van der Waals surface area contributed by atoms with Gasteiger partial charge in [-0.15, -0.1) is 11.3 Å². The van der Waals surface area contributed by atoms with E-state index >= 15 is 0 Å². The summed E-state index contributed by atoms with van der Waals surface area (Å²) in [7, 11) is 0. The predicted molar refractivity (Wildman–Crippen MR) is 35.4 cm³/mol. The van der Waals surface area contributed by atoms with Crippen molar-refractivity contribution in [1.29, 1.82) is 0 Å². The molecule has 0 fully saturated rings. The van der Waals surface area contributed by atoms with E-state index in [9.17, 15) is 5.11 Å². The van der Waals surface area contributed by atoms with Crippen LogP contribution in [-0.4, -0.2) is 10.1 Å². The molecule has 0 bridgehead atoms. The van der Waals surface area contributed by atoms with Crippen LogP contribution in [0.25, 0.3) is 0 Å². The molecule has 0 saturated carbocycles. The number of hydrogen-bond acceptors (Lipinski definition) is 3. The van der Waals surface area contributed by atoms with Crippen LogP contribution < -0.4 is 0 Å². The number of thiazole rings is 1. The number of aliphatic hydroxyl groups is 1. The normalized spacial score (nSPS) is 24.3. The van der Waals surface area contributed by atoms with Crippen molar-refractivity contribution in [3.63, 3.8) is 0 Å². The molecule has 0 aliphatic heterocycles. The van der Waals surface area contributed by atoms with Crippen LogP contribution in [-0.2, 0) is 6.42 Å². The summed E-state index contributed by atoms with van der Waals surface area (Å²) in [6, 6.07) is 0. The molecule has 2 rings (SSSR count). The Hall–Kier alpha value is -0.410. The number of aliphatic hydroxyl groups excluding tert-OH is 1. The summed E-state index contributed by atoms with van der Waals surface area (Å²) in [5, 5.41) is 9.24. The van der Waals surface area contributed by atoms with Gasteiger partial charge in [-0.1, -0.05) is 0 Å². The molecule has 1 aliphatic rings. The second-order valence-electron chi connectivity index (χ2n) is 2.22. The van der Waals surface area contributed by atoms with Crippen molar-refractivity contribution < 1.29 is 5.11 Å². The van der Waals surface area contributed by atoms with E-state index in [1.54, 1.807) is 16.8 Å². The first-order valence-corrected chi connectivity index (χ1v) is 3.86. The van der Waals surface area contributed by atoms with Crippen molar-refractivity contribution in [3.05, 3.63) is 16.1 Å². The molecule has 1 aromatic rings. The third kappa shape index (κ3) is 0.686. The second kappa shape index (κ2) is 1.78. The van der Waals surface area contributed by atoms with Crippen molar-refractivity contribution in [2.24, 2.45) is 0 Å². The Bertz CT molecular complexity index is 221. The molecule has 0 amide bonds. The molecule has 1 atom stereocenters. The standard InChI is InChI=1S/C6H7NOS/c8-5-2-1-4-6(5)9-3-7-4/h3,5,8H,1-2H2. The molecule has 2 nitrogen and oxygen atoms in total. The highest BCUT2D eigenvalue weighted by molar-refractivity contribution is 7.09. The van der Waals surface area contributed by atoms with Gasteiger partial charge < -0.3 is 5.11 Å². The first-order valence-electron chi connectivity index (χ1n) is 2.98. The molecule has 1 aromatic heterocycles. The first-order chi connectivity index (χ1) is 4.38. The zero-order valence-electron chi connectivity index (χ0n) is 4.87. The minimum Gasteiger partial charge on any atom is -0.387 e. The van der Waals surface area contributed by atoms with Crippen LogP contribution in [0.2, 0.25) is 0 Å². The molecule has 1 unspecified atom stereocenters. The lowest BCUT2D eigenvalue weighted by Crippen LogP contribution is -1.84. The fraction of sp³-hybridized carbons (Fsp3) is 0.500. The highest BCUT2D eigenvalue weighted by atomic mass is 32.1. The Morgan fingerprint density at radius 3 is 3.44 bits per heavy atom. The average Bonchev–Trinajstić information content (AvgIpc) is 2.35. The molecular weight excluding hydrogens is 134 g/mol. The molecule has 1 N–H and O–H groups in total. The molecule has 0 radical (unpaired) electrons. The number of rotatable bonds is 0. The zero-order valence-corrected chi connectivity index (χ0v) is 5.69. The minimum atomic E-state index is -0.215. The van der Waals surface area contributed by atoms with Crippen LogP contribution in [0.15, 0.2) is 5.51 Å². The average molecular weight is 141 g/mol. The van der Waals surface area contributed by atoms with E-state index in [-0.39, 0.29) is 6.10 Å². The van der Waals surface area contributed by atoms with Gasteiger partial charge in [0.2, 0.25) is 0 Å². The van der Waals surface area contributed by atoms with E-state index in [0.717, 1.165) is 23.4 Å². The van der Waals surface area contributed by atoms with E-state index in [0.29, 0.717) is 0 Å². The molecule has 0 saturated heterocycles. The monoisotopic (exact) mass is 141 g/mol. The fourth-order valence-corrected chi connectivity index (χ4v) is 2.00. The van der Waals surface area contributed by atoms with Gasteiger partial charge in [0.25, 0.3) is 0 Å². The van der Waals surface area contributed by atoms with Crippen LogP contribution in [0.3, 0.4) is 0 Å². The summed E-state index contributed by atoms with van der Waals surface area (Å²) >= 11 is 1.56. The summed E-state index contributed by atoms with van der Waals surface area (Å²) in [5.41, 5.74) is 2.90. The summed E-state index contributed by atoms with van der Waals surface area (Å²) < 4.78 is 0. The molecule has 48 valence electrons. The van der Waals surface area contributed by atoms with E-state index in [1.165, 1.54) is 0 Å². The largest absolute Gasteiger partial charge is 0.387 e. The fourth-order valence-electron chi connectivity index (χ4n) is 1.14. The third-order valence-corrected chi connectivity index (χ3v) is 2.60. The van der Waals surface area contributed by atoms with E-state index in [2.05, 4.69) is 4.98 Å². The van der Waals surface area contributed by atoms with Gasteiger partial charge in [-0.05, 0) is 12.8 Å². The van der Waals surface area contributed by atoms with Crippen molar-refractivity contribution in [1.82, 2.24) is 4.98 Å². The quantitative estimate of drug-likeness (QED) is 0.587. The predicted octanol–water partition coefficient (Wildman–Crippen LogP) is 1.12. The number of aromatic nitrogens is 1. The van der Waals surface area contributed by atoms with E-state index < -0.39 is 0 Å². The van der Waals surface area contributed by atoms with Crippen molar-refractivity contribution in [2.45, 2.75) is 18.9 Å². The highest BCUT2D eigenvalue weighted by Gasteiger charge is 2.22. The van der Waals surface area contributed by atoms with Crippen LogP contribution in [0.5, 0.6) is 0 Å². The molecule has 1 heterocycles. The molecule has 1 aliphatic carbocycles. The SMILES string of the molecule is OC1CCc2ncsc21. The number of fused-ring (bicyclic) bond motifs is 1. The maximum atomic E-state index is 9.24. The summed E-state index contributed by atoms with van der Waals surface area (Å²) in [6.07, 6.45) is 1.61. The Balaban J connectivity index is 2.49. The van der Waals surface area contributed by atoms with Gasteiger partial charge in [0, 0.05) is 0 Å². The summed E-state index contributed by atoms with van der Waals surface area (Å²) in [4.78, 5) is 5.18. The van der Waals surface area contributed by atoms with Crippen molar-refractivity contribution in [3.8, 4) is 0 Å². The maximum absolute atomic E-state index is 9.24. The Morgan fingerprint density at radius 2 is 2.67 bits per heavy atom. The summed E-state index contributed by atoms with van der Waals surface area (Å²) in [5.74, 6) is 0. The Morgan fingerprint density at radius 1 is 1.78 bits per heavy atom. The van der Waals surface area contributed by atoms with Gasteiger partial charge in [0.15, 0.2) is 0 Å². The second-order valence-corrected chi connectivity index (χ2v) is 3.10. The van der Waals surface area contributed by atoms with E-state index in [1.807, 2.05) is 0 Å². The lowest BCUT2D eigenvalue weighted by atomic mass is 10.3. The number of nitrogens with zero attached hydrogens (tertiary/aromatic N) is 1. The lowest BCUT2D eigenvalue weighted by Gasteiger charge is -1.94. The van der Waals surface area contributed by atoms with Crippen molar-refractivity contribution in [2.75, 3.05) is 0 Å². The maximum Gasteiger partial charge on any atom is 0.0904 e. The Kier molecular flexibility index (Phi) is 1.07. The highest BCUT2D eigenvalue weighted by Crippen LogP contribution is 2.32. The number of hydrogen-bond donors (Lipinski definition) is 1. The van der Waals surface area contributed by atoms with Gasteiger partial charge in [-0.3, -0.25) is 0 Å². The molecule has 3 heteroatoms. The summed E-state index contributed by atoms with van der Waals surface area (Å²) in [6.45, 7) is 0. The Labute approximate surface area is 57.2 Å². The zero-order chi connectivity index (χ0) is 6.27. The topological polar surface area (TPSA) is 33.1 Å². The van der Waals surface area contributed by atoms with Gasteiger partial charge >= 0.3 is 0 Å². The number of aryl methyl sites for hydroxylation is 1. The van der Waals surface area contributed by atoms with Crippen molar-refractivity contribution >= 4 is 11.3 Å². The molecule has 0 aromatic carbocycles. The van der Waals surface area contributed by atoms with Crippen LogP contribution in [0.4, 0.5) is 0 Å². The molecular formula is C6H7NOS. The van der Waals surface area contributed by atoms with Gasteiger partial charge in [0.05, 0.1) is 22.2 Å². The molecule has 9 heavy (non-hydrogen) atoms. The minimum absolute atomic E-state index is 0.215. The van der Waals surface area contributed by atoms with Gasteiger partial charge in [-0.25, -0.2) is 4.98 Å². The van der Waals surface area contributed by atoms with Crippen LogP contribution in [0, 0.1) is 0 Å². The third-order valence-electron chi connectivity index (χ3n) is 1.63. The lowest BCUT2D eigenvalue weighted by molar-refractivity contribution is 0.183. The van der Waals surface area contributed by atoms with E-state index in [4.69, 9.17) is 0 Å².